The van der Waals surface area contributed by atoms with Crippen LogP contribution in [0.4, 0.5) is 13.2 Å². The van der Waals surface area contributed by atoms with Crippen molar-refractivity contribution in [2.75, 3.05) is 13.1 Å². The van der Waals surface area contributed by atoms with Gasteiger partial charge < -0.3 is 10.0 Å². The van der Waals surface area contributed by atoms with E-state index in [9.17, 15) is 22.8 Å². The van der Waals surface area contributed by atoms with E-state index in [2.05, 4.69) is 9.97 Å². The van der Waals surface area contributed by atoms with E-state index in [1.54, 1.807) is 13.8 Å². The second-order valence-corrected chi connectivity index (χ2v) is 5.19. The van der Waals surface area contributed by atoms with Gasteiger partial charge in [0.15, 0.2) is 0 Å². The first kappa shape index (κ1) is 17.9. The molecule has 0 aromatic carbocycles. The minimum Gasteiger partial charge on any atom is -0.480 e. The number of aromatic nitrogens is 2. The number of carboxylic acids is 1. The Morgan fingerprint density at radius 3 is 2.36 bits per heavy atom. The van der Waals surface area contributed by atoms with Crippen molar-refractivity contribution < 1.29 is 27.9 Å². The Labute approximate surface area is 125 Å². The van der Waals surface area contributed by atoms with Crippen LogP contribution in [0, 0.1) is 12.8 Å². The third kappa shape index (κ3) is 4.97. The minimum atomic E-state index is -4.78. The predicted octanol–water partition coefficient (Wildman–Crippen LogP) is 1.99. The van der Waals surface area contributed by atoms with Gasteiger partial charge in [-0.1, -0.05) is 13.8 Å². The van der Waals surface area contributed by atoms with Gasteiger partial charge in [-0.3, -0.25) is 9.59 Å². The van der Waals surface area contributed by atoms with Gasteiger partial charge in [-0.25, -0.2) is 9.97 Å². The molecule has 0 aliphatic carbocycles. The Balaban J connectivity index is 3.18. The van der Waals surface area contributed by atoms with Gasteiger partial charge in [0.1, 0.15) is 12.2 Å². The molecule has 0 atom stereocenters. The topological polar surface area (TPSA) is 83.4 Å². The van der Waals surface area contributed by atoms with E-state index in [-0.39, 0.29) is 18.2 Å². The van der Waals surface area contributed by atoms with Crippen molar-refractivity contribution in [3.63, 3.8) is 0 Å². The Bertz CT molecular complexity index is 573. The number of aliphatic carboxylic acids is 1. The molecule has 0 saturated carbocycles. The number of amides is 1. The number of carbonyl (C=O) groups is 2. The van der Waals surface area contributed by atoms with Gasteiger partial charge in [0.2, 0.25) is 5.82 Å². The number of hydrogen-bond acceptors (Lipinski definition) is 4. The van der Waals surface area contributed by atoms with Gasteiger partial charge in [0, 0.05) is 12.2 Å². The summed E-state index contributed by atoms with van der Waals surface area (Å²) in [5, 5.41) is 8.82. The number of rotatable bonds is 5. The molecule has 1 aromatic heterocycles. The predicted molar refractivity (Wildman–Crippen MR) is 70.1 cm³/mol. The molecule has 0 unspecified atom stereocenters. The average Bonchev–Trinajstić information content (AvgIpc) is 2.34. The third-order valence-corrected chi connectivity index (χ3v) is 2.53. The molecule has 22 heavy (non-hydrogen) atoms. The van der Waals surface area contributed by atoms with Gasteiger partial charge in [0.05, 0.1) is 0 Å². The highest BCUT2D eigenvalue weighted by Crippen LogP contribution is 2.26. The van der Waals surface area contributed by atoms with Crippen molar-refractivity contribution in [3.8, 4) is 0 Å². The molecule has 0 spiro atoms. The highest BCUT2D eigenvalue weighted by atomic mass is 19.4. The molecule has 6 nitrogen and oxygen atoms in total. The lowest BCUT2D eigenvalue weighted by Gasteiger charge is -2.22. The molecule has 9 heteroatoms. The lowest BCUT2D eigenvalue weighted by Crippen LogP contribution is -2.39. The van der Waals surface area contributed by atoms with E-state index >= 15 is 0 Å². The van der Waals surface area contributed by atoms with Crippen LogP contribution in [0.15, 0.2) is 6.07 Å². The molecule has 1 amide bonds. The summed E-state index contributed by atoms with van der Waals surface area (Å²) < 4.78 is 38.1. The molecule has 0 aliphatic rings. The van der Waals surface area contributed by atoms with Crippen molar-refractivity contribution in [1.29, 1.82) is 0 Å². The fourth-order valence-corrected chi connectivity index (χ4v) is 1.79. The fourth-order valence-electron chi connectivity index (χ4n) is 1.79. The zero-order valence-electron chi connectivity index (χ0n) is 12.3. The van der Waals surface area contributed by atoms with Crippen molar-refractivity contribution in [2.45, 2.75) is 26.9 Å². The van der Waals surface area contributed by atoms with Gasteiger partial charge in [-0.05, 0) is 18.9 Å². The zero-order valence-corrected chi connectivity index (χ0v) is 12.3. The Morgan fingerprint density at radius 1 is 1.32 bits per heavy atom. The van der Waals surface area contributed by atoms with Crippen molar-refractivity contribution in [1.82, 2.24) is 14.9 Å². The number of carbonyl (C=O) groups excluding carboxylic acids is 1. The molecular formula is C13H16F3N3O3. The van der Waals surface area contributed by atoms with Gasteiger partial charge in [-0.15, -0.1) is 0 Å². The number of aryl methyl sites for hydroxylation is 1. The van der Waals surface area contributed by atoms with E-state index in [0.29, 0.717) is 0 Å². The fraction of sp³-hybridized carbons (Fsp3) is 0.538. The summed E-state index contributed by atoms with van der Waals surface area (Å²) >= 11 is 0. The number of hydrogen-bond donors (Lipinski definition) is 1. The third-order valence-electron chi connectivity index (χ3n) is 2.53. The molecule has 0 aliphatic heterocycles. The molecule has 1 rings (SSSR count). The number of alkyl halides is 3. The molecule has 0 saturated heterocycles. The van der Waals surface area contributed by atoms with Crippen LogP contribution in [-0.2, 0) is 11.0 Å². The number of halogens is 3. The normalized spacial score (nSPS) is 11.6. The summed E-state index contributed by atoms with van der Waals surface area (Å²) in [7, 11) is 0. The molecule has 122 valence electrons. The lowest BCUT2D eigenvalue weighted by molar-refractivity contribution is -0.145. The molecule has 0 fully saturated rings. The SMILES string of the molecule is Cc1cc(C(=O)N(CC(=O)O)CC(C)C)nc(C(F)(F)F)n1. The van der Waals surface area contributed by atoms with Crippen molar-refractivity contribution in [3.05, 3.63) is 23.3 Å². The highest BCUT2D eigenvalue weighted by molar-refractivity contribution is 5.94. The van der Waals surface area contributed by atoms with Crippen LogP contribution < -0.4 is 0 Å². The Hall–Kier alpha value is -2.19. The largest absolute Gasteiger partial charge is 0.480 e. The average molecular weight is 319 g/mol. The Kier molecular flexibility index (Phi) is 5.45. The maximum absolute atomic E-state index is 12.7. The second-order valence-electron chi connectivity index (χ2n) is 5.19. The summed E-state index contributed by atoms with van der Waals surface area (Å²) in [6.07, 6.45) is -4.78. The van der Waals surface area contributed by atoms with E-state index in [1.165, 1.54) is 6.92 Å². The molecule has 0 radical (unpaired) electrons. The van der Waals surface area contributed by atoms with Gasteiger partial charge >= 0.3 is 12.1 Å². The van der Waals surface area contributed by atoms with Crippen LogP contribution in [-0.4, -0.2) is 44.9 Å². The highest BCUT2D eigenvalue weighted by Gasteiger charge is 2.36. The van der Waals surface area contributed by atoms with Crippen LogP contribution in [0.25, 0.3) is 0 Å². The van der Waals surface area contributed by atoms with Gasteiger partial charge in [0.25, 0.3) is 5.91 Å². The summed E-state index contributed by atoms with van der Waals surface area (Å²) in [6.45, 7) is 4.30. The van der Waals surface area contributed by atoms with Crippen LogP contribution >= 0.6 is 0 Å². The van der Waals surface area contributed by atoms with E-state index < -0.39 is 36.1 Å². The minimum absolute atomic E-state index is 0.0227. The van der Waals surface area contributed by atoms with E-state index in [0.717, 1.165) is 11.0 Å². The molecular weight excluding hydrogens is 303 g/mol. The maximum Gasteiger partial charge on any atom is 0.451 e. The molecule has 0 bridgehead atoms. The first-order valence-corrected chi connectivity index (χ1v) is 6.44. The molecule has 1 N–H and O–H groups in total. The first-order chi connectivity index (χ1) is 10.0. The lowest BCUT2D eigenvalue weighted by atomic mass is 10.2. The smallest absolute Gasteiger partial charge is 0.451 e. The summed E-state index contributed by atoms with van der Waals surface area (Å²) in [4.78, 5) is 30.5. The monoisotopic (exact) mass is 319 g/mol. The van der Waals surface area contributed by atoms with Crippen LogP contribution in [0.1, 0.15) is 35.9 Å². The zero-order chi connectivity index (χ0) is 17.1. The summed E-state index contributed by atoms with van der Waals surface area (Å²) in [5.74, 6) is -3.59. The van der Waals surface area contributed by atoms with Crippen LogP contribution in [0.2, 0.25) is 0 Å². The van der Waals surface area contributed by atoms with Crippen molar-refractivity contribution in [2.24, 2.45) is 5.92 Å². The number of carboxylic acid groups (broad SMARTS) is 1. The summed E-state index contributed by atoms with van der Waals surface area (Å²) in [5.41, 5.74) is -0.493. The standard InChI is InChI=1S/C13H16F3N3O3/c1-7(2)5-19(6-10(20)21)11(22)9-4-8(3)17-12(18-9)13(14,15)16/h4,7H,5-6H2,1-3H3,(H,20,21). The van der Waals surface area contributed by atoms with Crippen molar-refractivity contribution >= 4 is 11.9 Å². The van der Waals surface area contributed by atoms with E-state index in [1.807, 2.05) is 0 Å². The van der Waals surface area contributed by atoms with Crippen LogP contribution in [0.5, 0.6) is 0 Å². The molecule has 1 heterocycles. The quantitative estimate of drug-likeness (QED) is 0.897. The van der Waals surface area contributed by atoms with Crippen LogP contribution in [0.3, 0.4) is 0 Å². The Morgan fingerprint density at radius 2 is 1.91 bits per heavy atom. The molecule has 1 aromatic rings. The second kappa shape index (κ2) is 6.71. The first-order valence-electron chi connectivity index (χ1n) is 6.44. The summed E-state index contributed by atoms with van der Waals surface area (Å²) in [6, 6.07) is 1.10. The maximum atomic E-state index is 12.7. The number of nitrogens with zero attached hydrogens (tertiary/aromatic N) is 3. The van der Waals surface area contributed by atoms with E-state index in [4.69, 9.17) is 5.11 Å². The van der Waals surface area contributed by atoms with Gasteiger partial charge in [-0.2, -0.15) is 13.2 Å².